The predicted molar refractivity (Wildman–Crippen MR) is 74.4 cm³/mol. The van der Waals surface area contributed by atoms with Crippen LogP contribution >= 0.6 is 0 Å². The molecule has 1 atom stereocenters. The number of nitrogens with two attached hydrogens (primary N) is 1. The van der Waals surface area contributed by atoms with E-state index < -0.39 is 6.04 Å². The molecular formula is C14H24N4O. The number of nitrogens with one attached hydrogen (secondary N) is 1. The minimum absolute atomic E-state index is 0.106. The molecule has 0 bridgehead atoms. The van der Waals surface area contributed by atoms with E-state index in [0.29, 0.717) is 12.6 Å². The first-order valence-electron chi connectivity index (χ1n) is 7.15. The average molecular weight is 264 g/mol. The van der Waals surface area contributed by atoms with Gasteiger partial charge >= 0.3 is 0 Å². The molecule has 19 heavy (non-hydrogen) atoms. The van der Waals surface area contributed by atoms with Crippen LogP contribution in [0, 0.1) is 5.92 Å². The molecule has 3 N–H and O–H groups in total. The molecule has 1 aromatic rings. The monoisotopic (exact) mass is 264 g/mol. The highest BCUT2D eigenvalue weighted by atomic mass is 16.2. The van der Waals surface area contributed by atoms with Crippen molar-refractivity contribution in [2.45, 2.75) is 58.2 Å². The van der Waals surface area contributed by atoms with Crippen LogP contribution in [0.2, 0.25) is 0 Å². The molecule has 1 amide bonds. The maximum atomic E-state index is 11.8. The Hall–Kier alpha value is -1.36. The average Bonchev–Trinajstić information content (AvgIpc) is 3.04. The lowest BCUT2D eigenvalue weighted by Crippen LogP contribution is -2.43. The highest BCUT2D eigenvalue weighted by Gasteiger charge is 2.19. The third-order valence-corrected chi connectivity index (χ3v) is 3.83. The topological polar surface area (TPSA) is 72.9 Å². The van der Waals surface area contributed by atoms with E-state index in [2.05, 4.69) is 10.4 Å². The van der Waals surface area contributed by atoms with E-state index in [1.54, 1.807) is 0 Å². The number of hydrogen-bond donors (Lipinski definition) is 2. The van der Waals surface area contributed by atoms with Crippen molar-refractivity contribution >= 4 is 5.91 Å². The molecule has 5 heteroatoms. The minimum Gasteiger partial charge on any atom is -0.349 e. The molecule has 2 rings (SSSR count). The zero-order chi connectivity index (χ0) is 13.8. The second-order valence-electron chi connectivity index (χ2n) is 5.71. The van der Waals surface area contributed by atoms with Gasteiger partial charge in [0, 0.05) is 6.20 Å². The van der Waals surface area contributed by atoms with Gasteiger partial charge in [-0.2, -0.15) is 5.10 Å². The third-order valence-electron chi connectivity index (χ3n) is 3.83. The Kier molecular flexibility index (Phi) is 4.58. The van der Waals surface area contributed by atoms with Crippen LogP contribution in [0.4, 0.5) is 0 Å². The van der Waals surface area contributed by atoms with Crippen molar-refractivity contribution in [3.63, 3.8) is 0 Å². The quantitative estimate of drug-likeness (QED) is 0.848. The molecule has 1 aliphatic rings. The molecule has 0 aliphatic heterocycles. The van der Waals surface area contributed by atoms with Crippen molar-refractivity contribution < 1.29 is 4.79 Å². The number of aromatic nitrogens is 2. The summed E-state index contributed by atoms with van der Waals surface area (Å²) < 4.78 is 2.04. The fourth-order valence-electron chi connectivity index (χ4n) is 2.44. The molecule has 1 aromatic heterocycles. The van der Waals surface area contributed by atoms with Crippen LogP contribution in [0.3, 0.4) is 0 Å². The molecule has 1 saturated carbocycles. The fourth-order valence-corrected chi connectivity index (χ4v) is 2.44. The summed E-state index contributed by atoms with van der Waals surface area (Å²) in [6.07, 6.45) is 7.02. The van der Waals surface area contributed by atoms with Gasteiger partial charge < -0.3 is 11.1 Å². The first-order chi connectivity index (χ1) is 9.08. The molecule has 1 heterocycles. The number of carbonyl (C=O) groups excluding carboxylic acids is 1. The van der Waals surface area contributed by atoms with Crippen LogP contribution in [0.1, 0.15) is 51.3 Å². The van der Waals surface area contributed by atoms with Gasteiger partial charge in [0.15, 0.2) is 0 Å². The fraction of sp³-hybridized carbons (Fsp3) is 0.714. The molecular weight excluding hydrogens is 240 g/mol. The second-order valence-corrected chi connectivity index (χ2v) is 5.71. The van der Waals surface area contributed by atoms with Gasteiger partial charge in [-0.15, -0.1) is 0 Å². The lowest BCUT2D eigenvalue weighted by Gasteiger charge is -2.14. The van der Waals surface area contributed by atoms with Gasteiger partial charge in [0.05, 0.1) is 24.3 Å². The zero-order valence-corrected chi connectivity index (χ0v) is 11.8. The van der Waals surface area contributed by atoms with Gasteiger partial charge in [0.2, 0.25) is 5.91 Å². The van der Waals surface area contributed by atoms with Crippen molar-refractivity contribution in [1.82, 2.24) is 15.1 Å². The number of rotatable bonds is 5. The Morgan fingerprint density at radius 1 is 1.53 bits per heavy atom. The Labute approximate surface area is 114 Å². The molecule has 0 saturated heterocycles. The SMILES string of the molecule is CC(C)[C@H](N)C(=O)NCc1ccn(C2CCCC2)n1. The molecule has 1 fully saturated rings. The summed E-state index contributed by atoms with van der Waals surface area (Å²) in [6.45, 7) is 4.34. The largest absolute Gasteiger partial charge is 0.349 e. The Balaban J connectivity index is 1.85. The van der Waals surface area contributed by atoms with Gasteiger partial charge in [0.25, 0.3) is 0 Å². The lowest BCUT2D eigenvalue weighted by atomic mass is 10.1. The summed E-state index contributed by atoms with van der Waals surface area (Å²) >= 11 is 0. The molecule has 0 unspecified atom stereocenters. The van der Waals surface area contributed by atoms with E-state index in [9.17, 15) is 4.79 Å². The van der Waals surface area contributed by atoms with E-state index in [1.807, 2.05) is 30.8 Å². The van der Waals surface area contributed by atoms with Crippen molar-refractivity contribution in [3.05, 3.63) is 18.0 Å². The summed E-state index contributed by atoms with van der Waals surface area (Å²) in [5.41, 5.74) is 6.69. The third kappa shape index (κ3) is 3.56. The minimum atomic E-state index is -0.447. The Bertz CT molecular complexity index is 421. The van der Waals surface area contributed by atoms with Crippen molar-refractivity contribution in [2.75, 3.05) is 0 Å². The van der Waals surface area contributed by atoms with Gasteiger partial charge in [-0.3, -0.25) is 9.48 Å². The van der Waals surface area contributed by atoms with E-state index in [-0.39, 0.29) is 11.8 Å². The highest BCUT2D eigenvalue weighted by molar-refractivity contribution is 5.81. The van der Waals surface area contributed by atoms with E-state index in [4.69, 9.17) is 5.73 Å². The normalized spacial score (nSPS) is 17.9. The molecule has 106 valence electrons. The standard InChI is InChI=1S/C14H24N4O/c1-10(2)13(15)14(19)16-9-11-7-8-18(17-11)12-5-3-4-6-12/h7-8,10,12-13H,3-6,9,15H2,1-2H3,(H,16,19)/t13-/m0/s1. The van der Waals surface area contributed by atoms with Crippen LogP contribution in [-0.4, -0.2) is 21.7 Å². The van der Waals surface area contributed by atoms with Crippen molar-refractivity contribution in [1.29, 1.82) is 0 Å². The molecule has 0 radical (unpaired) electrons. The van der Waals surface area contributed by atoms with Crippen molar-refractivity contribution in [2.24, 2.45) is 11.7 Å². The predicted octanol–water partition coefficient (Wildman–Crippen LogP) is 1.60. The number of amides is 1. The summed E-state index contributed by atoms with van der Waals surface area (Å²) in [5, 5.41) is 7.37. The van der Waals surface area contributed by atoms with Gasteiger partial charge in [-0.1, -0.05) is 26.7 Å². The van der Waals surface area contributed by atoms with Crippen LogP contribution in [0.15, 0.2) is 12.3 Å². The summed E-state index contributed by atoms with van der Waals surface area (Å²) in [5.74, 6) is 0.0430. The maximum absolute atomic E-state index is 11.8. The van der Waals surface area contributed by atoms with Crippen molar-refractivity contribution in [3.8, 4) is 0 Å². The molecule has 0 spiro atoms. The van der Waals surface area contributed by atoms with Gasteiger partial charge in [-0.05, 0) is 24.8 Å². The number of nitrogens with zero attached hydrogens (tertiary/aromatic N) is 2. The number of carbonyl (C=O) groups is 1. The molecule has 5 nitrogen and oxygen atoms in total. The maximum Gasteiger partial charge on any atom is 0.237 e. The first-order valence-corrected chi connectivity index (χ1v) is 7.15. The molecule has 1 aliphatic carbocycles. The van der Waals surface area contributed by atoms with Crippen LogP contribution < -0.4 is 11.1 Å². The molecule has 0 aromatic carbocycles. The zero-order valence-electron chi connectivity index (χ0n) is 11.8. The van der Waals surface area contributed by atoms with Gasteiger partial charge in [-0.25, -0.2) is 0 Å². The number of hydrogen-bond acceptors (Lipinski definition) is 3. The second kappa shape index (κ2) is 6.19. The van der Waals surface area contributed by atoms with E-state index >= 15 is 0 Å². The summed E-state index contributed by atoms with van der Waals surface area (Å²) in [4.78, 5) is 11.8. The summed E-state index contributed by atoms with van der Waals surface area (Å²) in [6, 6.07) is 2.07. The first kappa shape index (κ1) is 14.1. The smallest absolute Gasteiger partial charge is 0.237 e. The summed E-state index contributed by atoms with van der Waals surface area (Å²) in [7, 11) is 0. The Morgan fingerprint density at radius 3 is 2.84 bits per heavy atom. The van der Waals surface area contributed by atoms with Crippen LogP contribution in [-0.2, 0) is 11.3 Å². The van der Waals surface area contributed by atoms with Crippen LogP contribution in [0.5, 0.6) is 0 Å². The lowest BCUT2D eigenvalue weighted by molar-refractivity contribution is -0.123. The van der Waals surface area contributed by atoms with Gasteiger partial charge in [0.1, 0.15) is 0 Å². The Morgan fingerprint density at radius 2 is 2.21 bits per heavy atom. The van der Waals surface area contributed by atoms with E-state index in [0.717, 1.165) is 5.69 Å². The highest BCUT2D eigenvalue weighted by Crippen LogP contribution is 2.28. The van der Waals surface area contributed by atoms with E-state index in [1.165, 1.54) is 25.7 Å². The van der Waals surface area contributed by atoms with Crippen LogP contribution in [0.25, 0.3) is 0 Å².